The number of halogens is 3. The topological polar surface area (TPSA) is 191 Å². The zero-order valence-electron chi connectivity index (χ0n) is 23.4. The molecule has 0 amide bonds. The maximum atomic E-state index is 11.1. The molecule has 0 radical (unpaired) electrons. The summed E-state index contributed by atoms with van der Waals surface area (Å²) >= 11 is 10.9. The maximum absolute atomic E-state index is 11.1. The van der Waals surface area contributed by atoms with Gasteiger partial charge in [0.05, 0.1) is 33.1 Å². The van der Waals surface area contributed by atoms with E-state index in [1.807, 2.05) is 12.1 Å². The van der Waals surface area contributed by atoms with E-state index in [1.54, 1.807) is 64.5 Å². The molecular weight excluding hydrogens is 618 g/mol. The Morgan fingerprint density at radius 2 is 1.37 bits per heavy atom. The fourth-order valence-corrected chi connectivity index (χ4v) is 2.16. The van der Waals surface area contributed by atoms with Crippen molar-refractivity contribution >= 4 is 69.9 Å². The minimum Gasteiger partial charge on any atom is -0.497 e. The van der Waals surface area contributed by atoms with Crippen molar-refractivity contribution in [3.63, 3.8) is 0 Å². The Morgan fingerprint density at radius 1 is 0.951 bits per heavy atom. The zero-order chi connectivity index (χ0) is 30.2. The van der Waals surface area contributed by atoms with Crippen LogP contribution in [-0.4, -0.2) is 55.7 Å². The predicted octanol–water partition coefficient (Wildman–Crippen LogP) is 1.92. The molecule has 0 aliphatic carbocycles. The molecule has 17 heteroatoms. The van der Waals surface area contributed by atoms with Gasteiger partial charge < -0.3 is 34.8 Å². The average molecular weight is 650 g/mol. The molecule has 2 rings (SSSR count). The molecule has 0 fully saturated rings. The molecule has 2 aromatic carbocycles. The third kappa shape index (κ3) is 23.6. The monoisotopic (exact) mass is 648 g/mol. The van der Waals surface area contributed by atoms with Crippen LogP contribution in [0, 0.1) is 10.1 Å². The van der Waals surface area contributed by atoms with Crippen LogP contribution >= 0.6 is 35.6 Å². The van der Waals surface area contributed by atoms with E-state index in [-0.39, 0.29) is 66.1 Å². The molecule has 0 spiro atoms. The molecule has 0 bridgehead atoms. The van der Waals surface area contributed by atoms with Crippen LogP contribution in [0.3, 0.4) is 0 Å². The molecule has 0 heterocycles. The summed E-state index contributed by atoms with van der Waals surface area (Å²) in [7, 11) is 3.21. The van der Waals surface area contributed by atoms with Crippen LogP contribution in [0.5, 0.6) is 11.5 Å². The van der Waals surface area contributed by atoms with Crippen molar-refractivity contribution in [3.05, 3.63) is 58.6 Å². The van der Waals surface area contributed by atoms with Crippen molar-refractivity contribution in [1.82, 2.24) is 0 Å². The zero-order valence-corrected chi connectivity index (χ0v) is 27.7. The predicted molar refractivity (Wildman–Crippen MR) is 157 cm³/mol. The van der Waals surface area contributed by atoms with E-state index < -0.39 is 17.3 Å². The number of nitrogen functional groups attached to an aromatic ring is 1. The largest absolute Gasteiger partial charge is 1.00 e. The van der Waals surface area contributed by atoms with Gasteiger partial charge in [-0.2, -0.15) is 5.10 Å². The van der Waals surface area contributed by atoms with Crippen LogP contribution in [0.2, 0.25) is 0 Å². The Morgan fingerprint density at radius 3 is 1.73 bits per heavy atom. The summed E-state index contributed by atoms with van der Waals surface area (Å²) in [5, 5.41) is 11.3. The molecule has 41 heavy (non-hydrogen) atoms. The second kappa shape index (κ2) is 28.7. The number of esters is 2. The Balaban J connectivity index is -0.000000247. The fourth-order valence-electron chi connectivity index (χ4n) is 2.00. The van der Waals surface area contributed by atoms with Gasteiger partial charge in [0, 0.05) is 5.69 Å². The number of methoxy groups -OCH3 is 2. The van der Waals surface area contributed by atoms with Gasteiger partial charge in [0.2, 0.25) is 5.17 Å². The van der Waals surface area contributed by atoms with Crippen molar-refractivity contribution in [2.45, 2.75) is 26.1 Å². The van der Waals surface area contributed by atoms with Gasteiger partial charge >= 0.3 is 41.5 Å². The van der Waals surface area contributed by atoms with Crippen molar-refractivity contribution in [2.75, 3.05) is 38.6 Å². The first kappa shape index (κ1) is 45.2. The van der Waals surface area contributed by atoms with Gasteiger partial charge in [-0.25, -0.2) is 9.59 Å². The third-order valence-electron chi connectivity index (χ3n) is 3.78. The standard InChI is InChI=1S/C11H13ClN2O3.C7H9NO.C6H9ClO3.ClH.HNO2.Na/c1-3-17-11(15)10(12)14-13-8-4-6-9(16-2)7-5-8;1-9-7-4-2-6(8)3-5-7;1-3-10-6(9)5(7)4(2)8;;2-1-3;/h4-7,13H,3H2,1-2H3;2-5H,8H2,1H3;5H,3H2,1-2H3;1H;(H,2,3);/q;;;;;+1/p-1/b14-10-;;;;;. The molecule has 13 nitrogen and oxygen atoms in total. The summed E-state index contributed by atoms with van der Waals surface area (Å²) in [5.74, 6) is -0.146. The summed E-state index contributed by atoms with van der Waals surface area (Å²) in [6.07, 6.45) is 0. The summed E-state index contributed by atoms with van der Waals surface area (Å²) in [4.78, 5) is 40.2. The number of hydrogen-bond donors (Lipinski definition) is 2. The molecule has 224 valence electrons. The summed E-state index contributed by atoms with van der Waals surface area (Å²) in [6, 6.07) is 14.3. The van der Waals surface area contributed by atoms with Gasteiger partial charge in [0.1, 0.15) is 11.5 Å². The molecule has 0 aliphatic heterocycles. The smallest absolute Gasteiger partial charge is 0.497 e. The number of ketones is 1. The average Bonchev–Trinajstić information content (AvgIpc) is 2.93. The van der Waals surface area contributed by atoms with Crippen LogP contribution in [0.4, 0.5) is 11.4 Å². The van der Waals surface area contributed by atoms with E-state index in [2.05, 4.69) is 20.0 Å². The molecule has 1 unspecified atom stereocenters. The van der Waals surface area contributed by atoms with E-state index in [9.17, 15) is 14.4 Å². The maximum Gasteiger partial charge on any atom is 1.00 e. The number of nitrogens with two attached hydrogens (primary N) is 1. The SMILES string of the molecule is CCOC(=O)/C(Cl)=N/Nc1ccc(OC)cc1.CCOC(=O)C(Cl)C(C)=O.COc1ccc(N)cc1.Cl.O=N[O-].[Na+]. The number of ether oxygens (including phenoxy) is 4. The second-order valence-electron chi connectivity index (χ2n) is 6.54. The van der Waals surface area contributed by atoms with E-state index in [0.29, 0.717) is 5.69 Å². The molecule has 2 aromatic rings. The normalized spacial score (nSPS) is 9.78. The minimum atomic E-state index is -1.14. The van der Waals surface area contributed by atoms with Crippen LogP contribution in [0.25, 0.3) is 0 Å². The van der Waals surface area contributed by atoms with Gasteiger partial charge in [-0.15, -0.1) is 29.3 Å². The fraction of sp³-hybridized carbons (Fsp3) is 0.333. The van der Waals surface area contributed by atoms with Gasteiger partial charge in [0.15, 0.2) is 11.2 Å². The van der Waals surface area contributed by atoms with Crippen LogP contribution < -0.4 is 50.2 Å². The summed E-state index contributed by atoms with van der Waals surface area (Å²) < 4.78 is 19.1. The number of alkyl halides is 1. The van der Waals surface area contributed by atoms with Gasteiger partial charge in [-0.3, -0.25) is 10.2 Å². The van der Waals surface area contributed by atoms with Gasteiger partial charge in [0.25, 0.3) is 0 Å². The number of hydrogen-bond acceptors (Lipinski definition) is 13. The molecule has 3 N–H and O–H groups in total. The number of nitrogens with zero attached hydrogens (tertiary/aromatic N) is 2. The number of benzene rings is 2. The Labute approximate surface area is 276 Å². The molecule has 0 aliphatic rings. The first-order valence-corrected chi connectivity index (χ1v) is 11.8. The van der Waals surface area contributed by atoms with E-state index in [1.165, 1.54) is 6.92 Å². The Kier molecular flexibility index (Phi) is 31.6. The molecule has 0 saturated heterocycles. The number of carbonyl (C=O) groups excluding carboxylic acids is 3. The molecule has 0 saturated carbocycles. The quantitative estimate of drug-likeness (QED) is 0.0590. The van der Waals surface area contributed by atoms with Crippen molar-refractivity contribution < 1.29 is 62.9 Å². The van der Waals surface area contributed by atoms with Crippen molar-refractivity contribution in [1.29, 1.82) is 0 Å². The van der Waals surface area contributed by atoms with Crippen molar-refractivity contribution in [2.24, 2.45) is 10.4 Å². The van der Waals surface area contributed by atoms with E-state index in [4.69, 9.17) is 48.5 Å². The number of rotatable bonds is 9. The van der Waals surface area contributed by atoms with Gasteiger partial charge in [-0.1, -0.05) is 11.6 Å². The molecule has 0 aromatic heterocycles. The Hall–Kier alpha value is -2.81. The van der Waals surface area contributed by atoms with Gasteiger partial charge in [-0.05, 0) is 69.3 Å². The number of anilines is 2. The molecule has 1 atom stereocenters. The number of Topliss-reactive ketones (excluding diaryl/α,β-unsaturated/α-hetero) is 1. The second-order valence-corrected chi connectivity index (χ2v) is 7.33. The summed E-state index contributed by atoms with van der Waals surface area (Å²) in [5.41, 5.74) is 9.51. The summed E-state index contributed by atoms with van der Waals surface area (Å²) in [6.45, 7) is 5.09. The first-order chi connectivity index (χ1) is 18.5. The van der Waals surface area contributed by atoms with Crippen LogP contribution in [-0.2, 0) is 23.9 Å². The van der Waals surface area contributed by atoms with Crippen LogP contribution in [0.1, 0.15) is 20.8 Å². The number of carbonyl (C=O) groups is 3. The molecular formula is C24H32Cl3N4NaO9. The number of nitrogens with one attached hydrogen (secondary N) is 1. The van der Waals surface area contributed by atoms with Crippen LogP contribution in [0.15, 0.2) is 59.0 Å². The van der Waals surface area contributed by atoms with Crippen molar-refractivity contribution in [3.8, 4) is 11.5 Å². The van der Waals surface area contributed by atoms with E-state index >= 15 is 0 Å². The minimum absolute atomic E-state index is 0. The Bertz CT molecular complexity index is 1030. The number of hydrazone groups is 1. The first-order valence-electron chi connectivity index (χ1n) is 11.0. The third-order valence-corrected chi connectivity index (χ3v) is 4.51. The van der Waals surface area contributed by atoms with E-state index in [0.717, 1.165) is 22.5 Å².